The molecule has 0 N–H and O–H groups in total. The minimum Gasteiger partial charge on any atom is -0.293 e. The Bertz CT molecular complexity index is 498. The third kappa shape index (κ3) is 2.94. The third-order valence-electron chi connectivity index (χ3n) is 2.86. The summed E-state index contributed by atoms with van der Waals surface area (Å²) < 4.78 is 23.8. The fraction of sp³-hybridized carbons (Fsp3) is 0.462. The van der Waals surface area contributed by atoms with Gasteiger partial charge in [-0.1, -0.05) is 29.8 Å². The first-order valence-corrected chi connectivity index (χ1v) is 7.21. The van der Waals surface area contributed by atoms with E-state index in [9.17, 15) is 13.2 Å². The maximum absolute atomic E-state index is 12.0. The lowest BCUT2D eigenvalue weighted by atomic mass is 10.1. The van der Waals surface area contributed by atoms with Crippen molar-refractivity contribution in [1.29, 1.82) is 0 Å². The Morgan fingerprint density at radius 3 is 1.94 bits per heavy atom. The highest BCUT2D eigenvalue weighted by molar-refractivity contribution is 7.93. The predicted octanol–water partition coefficient (Wildman–Crippen LogP) is 2.39. The first-order chi connectivity index (χ1) is 7.76. The lowest BCUT2D eigenvalue weighted by Gasteiger charge is -2.14. The van der Waals surface area contributed by atoms with Crippen LogP contribution < -0.4 is 0 Å². The fourth-order valence-corrected chi connectivity index (χ4v) is 2.76. The molecule has 1 unspecified atom stereocenters. The quantitative estimate of drug-likeness (QED) is 0.775. The maximum Gasteiger partial charge on any atom is 0.180 e. The molecule has 1 aromatic carbocycles. The van der Waals surface area contributed by atoms with Gasteiger partial charge in [0.05, 0.1) is 5.25 Å². The molecule has 0 saturated heterocycles. The zero-order chi connectivity index (χ0) is 13.2. The number of carbonyl (C=O) groups excluding carboxylic acids is 1. The molecule has 17 heavy (non-hydrogen) atoms. The van der Waals surface area contributed by atoms with Crippen LogP contribution in [0.3, 0.4) is 0 Å². The minimum atomic E-state index is -3.38. The lowest BCUT2D eigenvalue weighted by Crippen LogP contribution is -2.32. The molecule has 0 amide bonds. The molecule has 1 rings (SSSR count). The van der Waals surface area contributed by atoms with E-state index in [0.29, 0.717) is 5.56 Å². The summed E-state index contributed by atoms with van der Waals surface area (Å²) in [5.41, 5.74) is 1.49. The SMILES string of the molecule is Cc1ccc(C(=O)C(C)S(=O)(=O)C(C)C)cc1. The van der Waals surface area contributed by atoms with Crippen LogP contribution in [0.1, 0.15) is 36.7 Å². The van der Waals surface area contributed by atoms with Crippen LogP contribution in [0.5, 0.6) is 0 Å². The zero-order valence-electron chi connectivity index (χ0n) is 10.6. The molecular weight excluding hydrogens is 236 g/mol. The van der Waals surface area contributed by atoms with Gasteiger partial charge in [-0.25, -0.2) is 8.42 Å². The van der Waals surface area contributed by atoms with Gasteiger partial charge >= 0.3 is 0 Å². The first kappa shape index (κ1) is 13.9. The van der Waals surface area contributed by atoms with Crippen LogP contribution in [0.25, 0.3) is 0 Å². The van der Waals surface area contributed by atoms with E-state index >= 15 is 0 Å². The molecule has 0 heterocycles. The Labute approximate surface area is 103 Å². The Morgan fingerprint density at radius 1 is 1.06 bits per heavy atom. The summed E-state index contributed by atoms with van der Waals surface area (Å²) in [6.07, 6.45) is 0. The van der Waals surface area contributed by atoms with Gasteiger partial charge in [0.2, 0.25) is 0 Å². The largest absolute Gasteiger partial charge is 0.293 e. The zero-order valence-corrected chi connectivity index (χ0v) is 11.4. The highest BCUT2D eigenvalue weighted by atomic mass is 32.2. The topological polar surface area (TPSA) is 51.2 Å². The Morgan fingerprint density at radius 2 is 1.53 bits per heavy atom. The molecule has 0 saturated carbocycles. The van der Waals surface area contributed by atoms with Crippen LogP contribution in [0.15, 0.2) is 24.3 Å². The first-order valence-electron chi connectivity index (χ1n) is 5.60. The highest BCUT2D eigenvalue weighted by Gasteiger charge is 2.31. The van der Waals surface area contributed by atoms with Crippen LogP contribution in [0.4, 0.5) is 0 Å². The molecule has 4 heteroatoms. The second-order valence-corrected chi connectivity index (χ2v) is 7.34. The fourth-order valence-electron chi connectivity index (χ4n) is 1.51. The monoisotopic (exact) mass is 254 g/mol. The summed E-state index contributed by atoms with van der Waals surface area (Å²) in [5, 5.41) is -1.52. The Hall–Kier alpha value is -1.16. The number of hydrogen-bond donors (Lipinski definition) is 0. The Balaban J connectivity index is 3.03. The average molecular weight is 254 g/mol. The van der Waals surface area contributed by atoms with E-state index in [1.54, 1.807) is 26.0 Å². The van der Waals surface area contributed by atoms with E-state index in [4.69, 9.17) is 0 Å². The molecule has 0 aliphatic rings. The Kier molecular flexibility index (Phi) is 4.09. The standard InChI is InChI=1S/C13H18O3S/c1-9(2)17(15,16)11(4)13(14)12-7-5-10(3)6-8-12/h5-9,11H,1-4H3. The van der Waals surface area contributed by atoms with Crippen molar-refractivity contribution in [3.8, 4) is 0 Å². The molecule has 0 radical (unpaired) electrons. The van der Waals surface area contributed by atoms with Gasteiger partial charge < -0.3 is 0 Å². The van der Waals surface area contributed by atoms with Crippen molar-refractivity contribution in [1.82, 2.24) is 0 Å². The number of carbonyl (C=O) groups is 1. The van der Waals surface area contributed by atoms with Crippen molar-refractivity contribution in [3.05, 3.63) is 35.4 Å². The van der Waals surface area contributed by atoms with Gasteiger partial charge in [0, 0.05) is 5.56 Å². The van der Waals surface area contributed by atoms with E-state index in [0.717, 1.165) is 5.56 Å². The van der Waals surface area contributed by atoms with Crippen LogP contribution in [0.2, 0.25) is 0 Å². The van der Waals surface area contributed by atoms with Crippen LogP contribution in [-0.4, -0.2) is 24.7 Å². The van der Waals surface area contributed by atoms with E-state index in [-0.39, 0.29) is 5.78 Å². The van der Waals surface area contributed by atoms with Gasteiger partial charge in [-0.15, -0.1) is 0 Å². The normalized spacial score (nSPS) is 13.7. The van der Waals surface area contributed by atoms with E-state index < -0.39 is 20.3 Å². The predicted molar refractivity (Wildman–Crippen MR) is 69.0 cm³/mol. The average Bonchev–Trinajstić information content (AvgIpc) is 2.27. The number of Topliss-reactive ketones (excluding diaryl/α,β-unsaturated/α-hetero) is 1. The van der Waals surface area contributed by atoms with Crippen LogP contribution in [-0.2, 0) is 9.84 Å². The van der Waals surface area contributed by atoms with E-state index in [1.165, 1.54) is 6.92 Å². The third-order valence-corrected chi connectivity index (χ3v) is 5.37. The molecular formula is C13H18O3S. The van der Waals surface area contributed by atoms with Crippen molar-refractivity contribution in [2.75, 3.05) is 0 Å². The molecule has 0 aromatic heterocycles. The van der Waals surface area contributed by atoms with Crippen molar-refractivity contribution < 1.29 is 13.2 Å². The minimum absolute atomic E-state index is 0.335. The molecule has 1 aromatic rings. The summed E-state index contributed by atoms with van der Waals surface area (Å²) in [6, 6.07) is 6.96. The van der Waals surface area contributed by atoms with E-state index in [2.05, 4.69) is 0 Å². The van der Waals surface area contributed by atoms with Crippen molar-refractivity contribution in [3.63, 3.8) is 0 Å². The van der Waals surface area contributed by atoms with Crippen molar-refractivity contribution in [2.45, 2.75) is 38.2 Å². The number of hydrogen-bond acceptors (Lipinski definition) is 3. The van der Waals surface area contributed by atoms with Crippen LogP contribution in [0, 0.1) is 6.92 Å². The maximum atomic E-state index is 12.0. The summed E-state index contributed by atoms with van der Waals surface area (Å²) >= 11 is 0. The second kappa shape index (κ2) is 5.00. The van der Waals surface area contributed by atoms with Gasteiger partial charge in [0.25, 0.3) is 0 Å². The molecule has 0 bridgehead atoms. The molecule has 0 spiro atoms. The second-order valence-electron chi connectivity index (χ2n) is 4.51. The summed E-state index contributed by atoms with van der Waals surface area (Å²) in [6.45, 7) is 6.56. The summed E-state index contributed by atoms with van der Waals surface area (Å²) in [7, 11) is -3.38. The van der Waals surface area contributed by atoms with Gasteiger partial charge in [0.1, 0.15) is 5.25 Å². The summed E-state index contributed by atoms with van der Waals surface area (Å²) in [4.78, 5) is 12.0. The number of rotatable bonds is 4. The van der Waals surface area contributed by atoms with Gasteiger partial charge in [-0.05, 0) is 27.7 Å². The molecule has 0 aliphatic carbocycles. The number of benzene rings is 1. The van der Waals surface area contributed by atoms with Gasteiger partial charge in [0.15, 0.2) is 15.6 Å². The number of sulfone groups is 1. The number of ketones is 1. The lowest BCUT2D eigenvalue weighted by molar-refractivity contribution is 0.0991. The van der Waals surface area contributed by atoms with E-state index in [1.807, 2.05) is 19.1 Å². The smallest absolute Gasteiger partial charge is 0.180 e. The molecule has 0 fully saturated rings. The van der Waals surface area contributed by atoms with Crippen molar-refractivity contribution in [2.24, 2.45) is 0 Å². The van der Waals surface area contributed by atoms with Gasteiger partial charge in [-0.3, -0.25) is 4.79 Å². The molecule has 3 nitrogen and oxygen atoms in total. The molecule has 0 aliphatic heterocycles. The van der Waals surface area contributed by atoms with Gasteiger partial charge in [-0.2, -0.15) is 0 Å². The molecule has 1 atom stereocenters. The highest BCUT2D eigenvalue weighted by Crippen LogP contribution is 2.15. The number of aryl methyl sites for hydroxylation is 1. The molecule has 94 valence electrons. The van der Waals surface area contributed by atoms with Crippen molar-refractivity contribution >= 4 is 15.6 Å². The van der Waals surface area contributed by atoms with Crippen LogP contribution >= 0.6 is 0 Å². The summed E-state index contributed by atoms with van der Waals surface area (Å²) in [5.74, 6) is -0.335.